The van der Waals surface area contributed by atoms with E-state index in [1.807, 2.05) is 24.3 Å². The number of nitrogens with zero attached hydrogens (tertiary/aromatic N) is 2. The van der Waals surface area contributed by atoms with E-state index < -0.39 is 17.5 Å². The average Bonchev–Trinajstić information content (AvgIpc) is 3.19. The first kappa shape index (κ1) is 22.1. The fraction of sp³-hybridized carbons (Fsp3) is 0.0417. The topological polar surface area (TPSA) is 79.8 Å². The van der Waals surface area contributed by atoms with E-state index in [4.69, 9.17) is 11.6 Å². The molecule has 2 N–H and O–H groups in total. The quantitative estimate of drug-likeness (QED) is 0.248. The van der Waals surface area contributed by atoms with Crippen LogP contribution in [-0.4, -0.2) is 26.2 Å². The summed E-state index contributed by atoms with van der Waals surface area (Å²) in [6.07, 6.45) is 0. The third-order valence-corrected chi connectivity index (χ3v) is 6.27. The molecule has 1 amide bonds. The summed E-state index contributed by atoms with van der Waals surface area (Å²) in [6, 6.07) is 17.0. The molecular weight excluding hydrogens is 482 g/mol. The van der Waals surface area contributed by atoms with E-state index in [0.29, 0.717) is 27.8 Å². The molecular formula is C24H15ClF2N4O2S. The molecule has 6 nitrogen and oxygen atoms in total. The Bertz CT molecular complexity index is 1630. The maximum Gasteiger partial charge on any atom is 0.283 e. The predicted octanol–water partition coefficient (Wildman–Crippen LogP) is 5.53. The van der Waals surface area contributed by atoms with Crippen molar-refractivity contribution in [2.45, 2.75) is 5.16 Å². The Morgan fingerprint density at radius 1 is 1.09 bits per heavy atom. The number of hydrogen-bond acceptors (Lipinski definition) is 4. The van der Waals surface area contributed by atoms with E-state index in [2.05, 4.69) is 15.3 Å². The third-order valence-electron chi connectivity index (χ3n) is 5.10. The zero-order valence-corrected chi connectivity index (χ0v) is 18.9. The summed E-state index contributed by atoms with van der Waals surface area (Å²) in [6.45, 7) is 0. The molecule has 0 aliphatic carbocycles. The molecule has 0 unspecified atom stereocenters. The lowest BCUT2D eigenvalue weighted by atomic mass is 10.2. The van der Waals surface area contributed by atoms with Gasteiger partial charge in [0, 0.05) is 22.0 Å². The summed E-state index contributed by atoms with van der Waals surface area (Å²) in [7, 11) is 0. The number of aromatic nitrogens is 3. The molecule has 2 aromatic heterocycles. The van der Waals surface area contributed by atoms with E-state index in [-0.39, 0.29) is 22.2 Å². The van der Waals surface area contributed by atoms with Gasteiger partial charge in [-0.15, -0.1) is 0 Å². The maximum atomic E-state index is 13.9. The van der Waals surface area contributed by atoms with Gasteiger partial charge in [0.15, 0.2) is 5.16 Å². The number of hydrogen-bond donors (Lipinski definition) is 2. The number of aromatic amines is 1. The number of rotatable bonds is 5. The van der Waals surface area contributed by atoms with Gasteiger partial charge >= 0.3 is 0 Å². The molecule has 0 spiro atoms. The molecule has 5 aromatic rings. The van der Waals surface area contributed by atoms with Crippen LogP contribution in [0.25, 0.3) is 27.6 Å². The van der Waals surface area contributed by atoms with Gasteiger partial charge in [0.1, 0.15) is 22.7 Å². The number of halogens is 3. The second-order valence-electron chi connectivity index (χ2n) is 7.37. The van der Waals surface area contributed by atoms with Crippen LogP contribution in [0.2, 0.25) is 5.02 Å². The summed E-state index contributed by atoms with van der Waals surface area (Å²) in [5.74, 6) is -2.34. The van der Waals surface area contributed by atoms with Crippen LogP contribution in [0.1, 0.15) is 0 Å². The Hall–Kier alpha value is -3.69. The molecule has 0 aliphatic heterocycles. The molecule has 34 heavy (non-hydrogen) atoms. The lowest BCUT2D eigenvalue weighted by Gasteiger charge is -2.12. The number of para-hydroxylation sites is 1. The van der Waals surface area contributed by atoms with E-state index in [1.165, 1.54) is 4.57 Å². The van der Waals surface area contributed by atoms with E-state index >= 15 is 0 Å². The predicted molar refractivity (Wildman–Crippen MR) is 130 cm³/mol. The Morgan fingerprint density at radius 3 is 2.71 bits per heavy atom. The number of nitrogens with one attached hydrogen (secondary N) is 2. The van der Waals surface area contributed by atoms with Gasteiger partial charge in [0.05, 0.1) is 17.1 Å². The number of amides is 1. The van der Waals surface area contributed by atoms with Gasteiger partial charge in [-0.1, -0.05) is 47.6 Å². The summed E-state index contributed by atoms with van der Waals surface area (Å²) in [4.78, 5) is 33.8. The van der Waals surface area contributed by atoms with Crippen LogP contribution in [0.3, 0.4) is 0 Å². The summed E-state index contributed by atoms with van der Waals surface area (Å²) >= 11 is 7.16. The lowest BCUT2D eigenvalue weighted by molar-refractivity contribution is -0.113. The van der Waals surface area contributed by atoms with Crippen molar-refractivity contribution in [2.24, 2.45) is 0 Å². The first-order valence-corrected chi connectivity index (χ1v) is 11.4. The molecule has 170 valence electrons. The van der Waals surface area contributed by atoms with Gasteiger partial charge in [0.2, 0.25) is 5.91 Å². The van der Waals surface area contributed by atoms with Gasteiger partial charge in [-0.2, -0.15) is 0 Å². The van der Waals surface area contributed by atoms with Crippen molar-refractivity contribution in [3.8, 4) is 5.69 Å². The number of benzene rings is 3. The Balaban J connectivity index is 1.55. The molecule has 0 fully saturated rings. The SMILES string of the molecule is O=C(CSc1nc2c([nH]c3ccccc32)c(=O)n1-c1cccc(Cl)c1)Nc1ccc(F)cc1F. The maximum absolute atomic E-state index is 13.9. The van der Waals surface area contributed by atoms with Gasteiger partial charge in [-0.05, 0) is 36.4 Å². The number of carbonyl (C=O) groups is 1. The number of thioether (sulfide) groups is 1. The van der Waals surface area contributed by atoms with Crippen molar-refractivity contribution in [1.82, 2.24) is 14.5 Å². The fourth-order valence-corrected chi connectivity index (χ4v) is 4.58. The molecule has 0 atom stereocenters. The van der Waals surface area contributed by atoms with Crippen LogP contribution in [-0.2, 0) is 4.79 Å². The first-order chi connectivity index (χ1) is 16.4. The zero-order chi connectivity index (χ0) is 23.8. The lowest BCUT2D eigenvalue weighted by Crippen LogP contribution is -2.23. The Labute approximate surface area is 200 Å². The van der Waals surface area contributed by atoms with Crippen molar-refractivity contribution in [2.75, 3.05) is 11.1 Å². The fourth-order valence-electron chi connectivity index (χ4n) is 3.59. The molecule has 10 heteroatoms. The highest BCUT2D eigenvalue weighted by Crippen LogP contribution is 2.27. The summed E-state index contributed by atoms with van der Waals surface area (Å²) in [5, 5.41) is 3.87. The highest BCUT2D eigenvalue weighted by Gasteiger charge is 2.18. The second kappa shape index (κ2) is 8.92. The molecule has 3 aromatic carbocycles. The van der Waals surface area contributed by atoms with Gasteiger partial charge in [0.25, 0.3) is 5.56 Å². The largest absolute Gasteiger partial charge is 0.349 e. The standard InChI is InChI=1S/C24H15ClF2N4O2S/c25-13-4-3-5-15(10-13)31-23(33)22-21(16-6-1-2-7-18(16)29-22)30-24(31)34-12-20(32)28-19-9-8-14(26)11-17(19)27/h1-11,29H,12H2,(H,28,32). The van der Waals surface area contributed by atoms with Gasteiger partial charge < -0.3 is 10.3 Å². The van der Waals surface area contributed by atoms with Crippen LogP contribution in [0.15, 0.2) is 76.7 Å². The Kier molecular flexibility index (Phi) is 5.80. The van der Waals surface area contributed by atoms with Crippen LogP contribution < -0.4 is 10.9 Å². The highest BCUT2D eigenvalue weighted by atomic mass is 35.5. The zero-order valence-electron chi connectivity index (χ0n) is 17.3. The van der Waals surface area contributed by atoms with Crippen molar-refractivity contribution < 1.29 is 13.6 Å². The smallest absolute Gasteiger partial charge is 0.283 e. The van der Waals surface area contributed by atoms with Crippen LogP contribution in [0, 0.1) is 11.6 Å². The molecule has 2 heterocycles. The second-order valence-corrected chi connectivity index (χ2v) is 8.75. The highest BCUT2D eigenvalue weighted by molar-refractivity contribution is 7.99. The van der Waals surface area contributed by atoms with Crippen LogP contribution in [0.4, 0.5) is 14.5 Å². The summed E-state index contributed by atoms with van der Waals surface area (Å²) < 4.78 is 28.4. The van der Waals surface area contributed by atoms with Crippen molar-refractivity contribution in [3.63, 3.8) is 0 Å². The van der Waals surface area contributed by atoms with E-state index in [1.54, 1.807) is 24.3 Å². The minimum absolute atomic E-state index is 0.140. The van der Waals surface area contributed by atoms with Gasteiger partial charge in [-0.25, -0.2) is 13.8 Å². The van der Waals surface area contributed by atoms with Crippen LogP contribution >= 0.6 is 23.4 Å². The van der Waals surface area contributed by atoms with Crippen molar-refractivity contribution in [3.05, 3.63) is 93.7 Å². The number of carbonyl (C=O) groups excluding carboxylic acids is 1. The molecule has 0 bridgehead atoms. The number of fused-ring (bicyclic) bond motifs is 3. The van der Waals surface area contributed by atoms with Crippen LogP contribution in [0.5, 0.6) is 0 Å². The molecule has 0 aliphatic rings. The van der Waals surface area contributed by atoms with Gasteiger partial charge in [-0.3, -0.25) is 14.2 Å². The van der Waals surface area contributed by atoms with Crippen molar-refractivity contribution in [1.29, 1.82) is 0 Å². The first-order valence-electron chi connectivity index (χ1n) is 10.1. The normalized spacial score (nSPS) is 11.3. The average molecular weight is 497 g/mol. The Morgan fingerprint density at radius 2 is 1.91 bits per heavy atom. The third kappa shape index (κ3) is 4.15. The molecule has 0 saturated carbocycles. The van der Waals surface area contributed by atoms with E-state index in [9.17, 15) is 18.4 Å². The number of H-pyrrole nitrogens is 1. The molecule has 0 saturated heterocycles. The minimum atomic E-state index is -0.882. The molecule has 0 radical (unpaired) electrons. The monoisotopic (exact) mass is 496 g/mol. The molecule has 5 rings (SSSR count). The van der Waals surface area contributed by atoms with Crippen molar-refractivity contribution >= 4 is 56.9 Å². The summed E-state index contributed by atoms with van der Waals surface area (Å²) in [5.41, 5.74) is 1.55. The number of anilines is 1. The van der Waals surface area contributed by atoms with E-state index in [0.717, 1.165) is 34.8 Å². The minimum Gasteiger partial charge on any atom is -0.349 e.